The van der Waals surface area contributed by atoms with Gasteiger partial charge in [0, 0.05) is 0 Å². The number of benzene rings is 2. The van der Waals surface area contributed by atoms with Crippen molar-refractivity contribution < 1.29 is 0 Å². The molecule has 194 valence electrons. The molecule has 0 aliphatic heterocycles. The van der Waals surface area contributed by atoms with Gasteiger partial charge in [-0.2, -0.15) is 0 Å². The van der Waals surface area contributed by atoms with Crippen molar-refractivity contribution in [2.24, 2.45) is 0 Å². The molecule has 3 heteroatoms. The van der Waals surface area contributed by atoms with Crippen LogP contribution >= 0.6 is 0 Å². The number of unbranched alkanes of at least 4 members (excludes halogenated alkanes) is 4. The van der Waals surface area contributed by atoms with Crippen molar-refractivity contribution in [3.05, 3.63) is 72.3 Å². The molecular weight excluding hydrogens is 440 g/mol. The van der Waals surface area contributed by atoms with E-state index < -0.39 is 9.52 Å². The zero-order valence-corrected chi connectivity index (χ0v) is 24.9. The Bertz CT molecular complexity index is 794. The smallest absolute Gasteiger partial charge is 0.0958 e. The molecule has 0 heterocycles. The van der Waals surface area contributed by atoms with E-state index in [2.05, 4.69) is 106 Å². The van der Waals surface area contributed by atoms with E-state index in [1.54, 1.807) is 5.19 Å². The molecule has 0 aliphatic rings. The highest BCUT2D eigenvalue weighted by atomic mass is 28.2. The molecule has 2 nitrogen and oxygen atoms in total. The van der Waals surface area contributed by atoms with Gasteiger partial charge in [0.25, 0.3) is 0 Å². The molecule has 0 amide bonds. The standard InChI is InChI=1S/C32H52N2Si/c1-7-11-24-33(25-12-8-2)32(6,34(26-13-9-3)27-14-10-4)35-31-22-20-30(21-23-31)28(5)29-18-16-15-17-19-29/h15-23H,5,7-14,24-27,35H2,1-4,6H3. The van der Waals surface area contributed by atoms with Gasteiger partial charge in [-0.1, -0.05) is 120 Å². The van der Waals surface area contributed by atoms with E-state index in [4.69, 9.17) is 0 Å². The van der Waals surface area contributed by atoms with E-state index in [1.807, 2.05) is 0 Å². The van der Waals surface area contributed by atoms with E-state index in [9.17, 15) is 0 Å². The van der Waals surface area contributed by atoms with Crippen LogP contribution in [-0.4, -0.2) is 50.8 Å². The van der Waals surface area contributed by atoms with Gasteiger partial charge in [0.15, 0.2) is 0 Å². The first-order chi connectivity index (χ1) is 17.0. The minimum absolute atomic E-state index is 0.173. The molecule has 0 fully saturated rings. The van der Waals surface area contributed by atoms with Crippen LogP contribution < -0.4 is 5.19 Å². The Labute approximate surface area is 219 Å². The summed E-state index contributed by atoms with van der Waals surface area (Å²) < 4.78 is 0. The van der Waals surface area contributed by atoms with Gasteiger partial charge >= 0.3 is 0 Å². The number of rotatable bonds is 18. The first-order valence-corrected chi connectivity index (χ1v) is 15.7. The highest BCUT2D eigenvalue weighted by Gasteiger charge is 2.37. The summed E-state index contributed by atoms with van der Waals surface area (Å²) in [7, 11) is -0.582. The van der Waals surface area contributed by atoms with E-state index in [-0.39, 0.29) is 5.29 Å². The molecule has 0 aliphatic carbocycles. The first-order valence-electron chi connectivity index (χ1n) is 14.3. The third kappa shape index (κ3) is 9.04. The topological polar surface area (TPSA) is 6.48 Å². The Morgan fingerprint density at radius 3 is 1.46 bits per heavy atom. The largest absolute Gasteiger partial charge is 0.289 e. The monoisotopic (exact) mass is 492 g/mol. The fourth-order valence-corrected chi connectivity index (χ4v) is 7.35. The number of hydrogen-bond donors (Lipinski definition) is 0. The maximum Gasteiger partial charge on any atom is 0.0958 e. The second-order valence-corrected chi connectivity index (χ2v) is 12.8. The SMILES string of the molecule is C=C(c1ccccc1)c1ccc([SiH2]C(C)(N(CCCC)CCCC)N(CCCC)CCCC)cc1. The van der Waals surface area contributed by atoms with Crippen molar-refractivity contribution in [1.29, 1.82) is 0 Å². The highest BCUT2D eigenvalue weighted by molar-refractivity contribution is 6.56. The molecule has 35 heavy (non-hydrogen) atoms. The molecule has 0 unspecified atom stereocenters. The van der Waals surface area contributed by atoms with Crippen LogP contribution in [-0.2, 0) is 0 Å². The predicted molar refractivity (Wildman–Crippen MR) is 160 cm³/mol. The Morgan fingerprint density at radius 2 is 1.06 bits per heavy atom. The summed E-state index contributed by atoms with van der Waals surface area (Å²) in [5.41, 5.74) is 3.55. The van der Waals surface area contributed by atoms with Crippen LogP contribution in [0, 0.1) is 0 Å². The fraction of sp³-hybridized carbons (Fsp3) is 0.562. The molecule has 0 spiro atoms. The van der Waals surface area contributed by atoms with Crippen LogP contribution in [0.25, 0.3) is 5.57 Å². The summed E-state index contributed by atoms with van der Waals surface area (Å²) in [5, 5.41) is 1.74. The van der Waals surface area contributed by atoms with Crippen molar-refractivity contribution in [2.45, 2.75) is 91.3 Å². The first kappa shape index (κ1) is 29.5. The van der Waals surface area contributed by atoms with Crippen LogP contribution in [0.2, 0.25) is 0 Å². The molecule has 0 radical (unpaired) electrons. The lowest BCUT2D eigenvalue weighted by molar-refractivity contribution is 0.0127. The molecule has 0 bridgehead atoms. The third-order valence-corrected chi connectivity index (χ3v) is 9.90. The van der Waals surface area contributed by atoms with Gasteiger partial charge in [0.2, 0.25) is 0 Å². The van der Waals surface area contributed by atoms with E-state index in [0.29, 0.717) is 0 Å². The summed E-state index contributed by atoms with van der Waals surface area (Å²) in [4.78, 5) is 5.77. The van der Waals surface area contributed by atoms with Crippen molar-refractivity contribution in [1.82, 2.24) is 9.80 Å². The molecular formula is C32H52N2Si. The van der Waals surface area contributed by atoms with Crippen LogP contribution in [0.1, 0.15) is 97.1 Å². The molecule has 0 saturated carbocycles. The highest BCUT2D eigenvalue weighted by Crippen LogP contribution is 2.24. The lowest BCUT2D eigenvalue weighted by Crippen LogP contribution is -2.65. The number of hydrogen-bond acceptors (Lipinski definition) is 2. The maximum absolute atomic E-state index is 4.39. The van der Waals surface area contributed by atoms with Crippen molar-refractivity contribution in [2.75, 3.05) is 26.2 Å². The second kappa shape index (κ2) is 16.1. The van der Waals surface area contributed by atoms with Crippen LogP contribution in [0.15, 0.2) is 61.2 Å². The van der Waals surface area contributed by atoms with Gasteiger partial charge in [-0.05, 0) is 75.5 Å². The molecule has 2 aromatic carbocycles. The maximum atomic E-state index is 4.39. The molecule has 2 rings (SSSR count). The van der Waals surface area contributed by atoms with Crippen LogP contribution in [0.3, 0.4) is 0 Å². The Hall–Kier alpha value is -1.68. The average molecular weight is 493 g/mol. The molecule has 0 N–H and O–H groups in total. The Balaban J connectivity index is 2.35. The summed E-state index contributed by atoms with van der Waals surface area (Å²) >= 11 is 0. The molecule has 2 aromatic rings. The lowest BCUT2D eigenvalue weighted by atomic mass is 10.00. The minimum atomic E-state index is -0.582. The van der Waals surface area contributed by atoms with Crippen molar-refractivity contribution in [3.63, 3.8) is 0 Å². The quantitative estimate of drug-likeness (QED) is 0.163. The van der Waals surface area contributed by atoms with Crippen LogP contribution in [0.5, 0.6) is 0 Å². The summed E-state index contributed by atoms with van der Waals surface area (Å²) in [6.07, 6.45) is 10.2. The molecule has 0 atom stereocenters. The average Bonchev–Trinajstić information content (AvgIpc) is 2.89. The van der Waals surface area contributed by atoms with Gasteiger partial charge in [-0.25, -0.2) is 0 Å². The van der Waals surface area contributed by atoms with Gasteiger partial charge in [0.05, 0.1) is 14.8 Å². The van der Waals surface area contributed by atoms with Gasteiger partial charge in [0.1, 0.15) is 0 Å². The molecule has 0 saturated heterocycles. The third-order valence-electron chi connectivity index (χ3n) is 7.45. The zero-order chi connectivity index (χ0) is 25.5. The van der Waals surface area contributed by atoms with E-state index >= 15 is 0 Å². The Morgan fingerprint density at radius 1 is 0.657 bits per heavy atom. The summed E-state index contributed by atoms with van der Waals surface area (Å²) in [5.74, 6) is 0. The van der Waals surface area contributed by atoms with E-state index in [1.165, 1.54) is 88.7 Å². The zero-order valence-electron chi connectivity index (χ0n) is 23.5. The predicted octanol–water partition coefficient (Wildman–Crippen LogP) is 7.02. The lowest BCUT2D eigenvalue weighted by Gasteiger charge is -2.50. The van der Waals surface area contributed by atoms with Crippen molar-refractivity contribution in [3.8, 4) is 0 Å². The van der Waals surface area contributed by atoms with Gasteiger partial charge < -0.3 is 0 Å². The Kier molecular flexibility index (Phi) is 13.6. The van der Waals surface area contributed by atoms with Gasteiger partial charge in [-0.3, -0.25) is 9.80 Å². The van der Waals surface area contributed by atoms with Gasteiger partial charge in [-0.15, -0.1) is 0 Å². The summed E-state index contributed by atoms with van der Waals surface area (Å²) in [6, 6.07) is 20.0. The fourth-order valence-electron chi connectivity index (χ4n) is 5.02. The minimum Gasteiger partial charge on any atom is -0.289 e. The number of nitrogens with zero attached hydrogens (tertiary/aromatic N) is 2. The van der Waals surface area contributed by atoms with Crippen molar-refractivity contribution >= 4 is 20.3 Å². The second-order valence-electron chi connectivity index (χ2n) is 10.3. The van der Waals surface area contributed by atoms with E-state index in [0.717, 1.165) is 5.57 Å². The summed E-state index contributed by atoms with van der Waals surface area (Å²) in [6.45, 7) is 21.2. The normalized spacial score (nSPS) is 12.3. The molecule has 0 aromatic heterocycles. The van der Waals surface area contributed by atoms with Crippen LogP contribution in [0.4, 0.5) is 0 Å².